The molecule has 3 nitrogen and oxygen atoms in total. The van der Waals surface area contributed by atoms with Gasteiger partial charge in [-0.3, -0.25) is 0 Å². The Kier molecular flexibility index (Phi) is 8.98. The second kappa shape index (κ2) is 11.0. The van der Waals surface area contributed by atoms with Crippen molar-refractivity contribution in [3.8, 4) is 0 Å². The summed E-state index contributed by atoms with van der Waals surface area (Å²) >= 11 is 0. The Hall–Kier alpha value is -0.730. The molecule has 2 fully saturated rings. The molecule has 2 aliphatic rings. The first kappa shape index (κ1) is 19.6. The molecule has 1 unspecified atom stereocenters. The number of rotatable bonds is 8. The first-order valence-electron chi connectivity index (χ1n) is 10.8. The van der Waals surface area contributed by atoms with E-state index in [1.807, 2.05) is 0 Å². The molecule has 0 radical (unpaired) electrons. The van der Waals surface area contributed by atoms with Gasteiger partial charge in [-0.25, -0.2) is 4.99 Å². The second-order valence-electron chi connectivity index (χ2n) is 8.14. The number of unbranched alkanes of at least 4 members (excludes halogenated alkanes) is 1. The lowest BCUT2D eigenvalue weighted by Crippen LogP contribution is -2.48. The van der Waals surface area contributed by atoms with Crippen molar-refractivity contribution in [2.24, 2.45) is 16.6 Å². The van der Waals surface area contributed by atoms with Gasteiger partial charge in [-0.1, -0.05) is 71.6 Å². The molecule has 0 amide bonds. The van der Waals surface area contributed by atoms with E-state index in [0.29, 0.717) is 12.1 Å². The summed E-state index contributed by atoms with van der Waals surface area (Å²) in [5.41, 5.74) is 6.59. The highest BCUT2D eigenvalue weighted by atomic mass is 15.3. The Morgan fingerprint density at radius 2 is 1.62 bits per heavy atom. The molecule has 3 heteroatoms. The van der Waals surface area contributed by atoms with Crippen LogP contribution in [-0.4, -0.2) is 29.5 Å². The molecule has 24 heavy (non-hydrogen) atoms. The molecule has 140 valence electrons. The minimum Gasteiger partial charge on any atom is -0.370 e. The average Bonchev–Trinajstić information content (AvgIpc) is 2.63. The minimum atomic E-state index is 0.487. The maximum Gasteiger partial charge on any atom is 0.191 e. The minimum absolute atomic E-state index is 0.487. The number of aliphatic imine (C=N–C) groups is 1. The van der Waals surface area contributed by atoms with Crippen LogP contribution in [0.15, 0.2) is 4.99 Å². The van der Waals surface area contributed by atoms with E-state index < -0.39 is 0 Å². The van der Waals surface area contributed by atoms with Crippen LogP contribution in [0.4, 0.5) is 0 Å². The van der Waals surface area contributed by atoms with Gasteiger partial charge < -0.3 is 10.6 Å². The monoisotopic (exact) mass is 335 g/mol. The Morgan fingerprint density at radius 3 is 2.21 bits per heavy atom. The van der Waals surface area contributed by atoms with Gasteiger partial charge in [0.25, 0.3) is 0 Å². The van der Waals surface area contributed by atoms with E-state index in [4.69, 9.17) is 10.7 Å². The van der Waals surface area contributed by atoms with Crippen LogP contribution >= 0.6 is 0 Å². The molecular formula is C21H41N3. The molecule has 0 aromatic rings. The zero-order valence-corrected chi connectivity index (χ0v) is 16.3. The molecule has 2 rings (SSSR count). The van der Waals surface area contributed by atoms with Crippen molar-refractivity contribution < 1.29 is 0 Å². The molecule has 1 atom stereocenters. The highest BCUT2D eigenvalue weighted by Crippen LogP contribution is 2.26. The lowest BCUT2D eigenvalue weighted by atomic mass is 9.92. The predicted molar refractivity (Wildman–Crippen MR) is 105 cm³/mol. The van der Waals surface area contributed by atoms with Gasteiger partial charge in [-0.2, -0.15) is 0 Å². The fourth-order valence-corrected chi connectivity index (χ4v) is 4.49. The average molecular weight is 336 g/mol. The Balaban J connectivity index is 2.03. The van der Waals surface area contributed by atoms with Gasteiger partial charge in [0.1, 0.15) is 0 Å². The number of hydrogen-bond acceptors (Lipinski definition) is 1. The van der Waals surface area contributed by atoms with Crippen LogP contribution in [0.1, 0.15) is 104 Å². The summed E-state index contributed by atoms with van der Waals surface area (Å²) in [4.78, 5) is 7.52. The number of guanidine groups is 1. The molecule has 0 spiro atoms. The normalized spacial score (nSPS) is 22.5. The summed E-state index contributed by atoms with van der Waals surface area (Å²) in [5.74, 6) is 1.63. The van der Waals surface area contributed by atoms with E-state index in [-0.39, 0.29) is 0 Å². The van der Waals surface area contributed by atoms with Gasteiger partial charge in [0, 0.05) is 12.6 Å². The summed E-state index contributed by atoms with van der Waals surface area (Å²) in [5, 5.41) is 0. The van der Waals surface area contributed by atoms with Crippen molar-refractivity contribution in [1.29, 1.82) is 0 Å². The highest BCUT2D eigenvalue weighted by molar-refractivity contribution is 5.78. The summed E-state index contributed by atoms with van der Waals surface area (Å²) in [6.45, 7) is 5.77. The lowest BCUT2D eigenvalue weighted by molar-refractivity contribution is 0.204. The van der Waals surface area contributed by atoms with Crippen LogP contribution in [0.3, 0.4) is 0 Å². The number of nitrogens with two attached hydrogens (primary N) is 1. The summed E-state index contributed by atoms with van der Waals surface area (Å²) in [6.07, 6.45) is 18.5. The van der Waals surface area contributed by atoms with Crippen molar-refractivity contribution >= 4 is 5.96 Å². The highest BCUT2D eigenvalue weighted by Gasteiger charge is 2.25. The molecule has 2 N–H and O–H groups in total. The zero-order valence-electron chi connectivity index (χ0n) is 16.3. The molecule has 0 heterocycles. The third-order valence-electron chi connectivity index (χ3n) is 6.20. The molecule has 0 bridgehead atoms. The Labute approximate surface area is 150 Å². The van der Waals surface area contributed by atoms with Crippen LogP contribution < -0.4 is 5.73 Å². The summed E-state index contributed by atoms with van der Waals surface area (Å²) < 4.78 is 0. The van der Waals surface area contributed by atoms with Gasteiger partial charge in [0.2, 0.25) is 0 Å². The van der Waals surface area contributed by atoms with Gasteiger partial charge in [0.05, 0.1) is 6.04 Å². The molecule has 0 aromatic carbocycles. The van der Waals surface area contributed by atoms with Crippen LogP contribution in [0.5, 0.6) is 0 Å². The fourth-order valence-electron chi connectivity index (χ4n) is 4.49. The SMILES string of the molecule is CCCCC(CC)CN(C(N)=NC1CCCCC1)C1CCCCC1. The number of hydrogen-bond donors (Lipinski definition) is 1. The van der Waals surface area contributed by atoms with Gasteiger partial charge in [-0.15, -0.1) is 0 Å². The molecule has 2 aliphatic carbocycles. The van der Waals surface area contributed by atoms with Crippen molar-refractivity contribution in [2.45, 2.75) is 116 Å². The first-order valence-corrected chi connectivity index (χ1v) is 10.8. The summed E-state index contributed by atoms with van der Waals surface area (Å²) in [7, 11) is 0. The van der Waals surface area contributed by atoms with Gasteiger partial charge >= 0.3 is 0 Å². The molecule has 0 saturated heterocycles. The first-order chi connectivity index (χ1) is 11.7. The van der Waals surface area contributed by atoms with E-state index in [1.54, 1.807) is 0 Å². The van der Waals surface area contributed by atoms with Crippen molar-refractivity contribution in [1.82, 2.24) is 4.90 Å². The van der Waals surface area contributed by atoms with Crippen molar-refractivity contribution in [3.63, 3.8) is 0 Å². The summed E-state index contributed by atoms with van der Waals surface area (Å²) in [6, 6.07) is 1.13. The standard InChI is InChI=1S/C21H41N3/c1-3-5-12-18(4-2)17-24(20-15-10-7-11-16-20)21(22)23-19-13-8-6-9-14-19/h18-20H,3-17H2,1-2H3,(H2,22,23). The maximum absolute atomic E-state index is 6.59. The largest absolute Gasteiger partial charge is 0.370 e. The van der Waals surface area contributed by atoms with E-state index in [9.17, 15) is 0 Å². The third kappa shape index (κ3) is 6.29. The van der Waals surface area contributed by atoms with Crippen molar-refractivity contribution in [2.75, 3.05) is 6.54 Å². The number of nitrogens with zero attached hydrogens (tertiary/aromatic N) is 2. The van der Waals surface area contributed by atoms with Gasteiger partial charge in [-0.05, 0) is 38.0 Å². The van der Waals surface area contributed by atoms with Crippen LogP contribution in [0.25, 0.3) is 0 Å². The predicted octanol–water partition coefficient (Wildman–Crippen LogP) is 5.48. The third-order valence-corrected chi connectivity index (χ3v) is 6.20. The Morgan fingerprint density at radius 1 is 1.00 bits per heavy atom. The van der Waals surface area contributed by atoms with E-state index in [1.165, 1.54) is 89.9 Å². The lowest BCUT2D eigenvalue weighted by Gasteiger charge is -2.38. The topological polar surface area (TPSA) is 41.6 Å². The molecule has 0 aliphatic heterocycles. The maximum atomic E-state index is 6.59. The van der Waals surface area contributed by atoms with E-state index in [2.05, 4.69) is 18.7 Å². The molecule has 2 saturated carbocycles. The second-order valence-corrected chi connectivity index (χ2v) is 8.14. The van der Waals surface area contributed by atoms with E-state index >= 15 is 0 Å². The molecular weight excluding hydrogens is 294 g/mol. The molecule has 0 aromatic heterocycles. The smallest absolute Gasteiger partial charge is 0.191 e. The fraction of sp³-hybridized carbons (Fsp3) is 0.952. The zero-order chi connectivity index (χ0) is 17.2. The van der Waals surface area contributed by atoms with Crippen LogP contribution in [0.2, 0.25) is 0 Å². The van der Waals surface area contributed by atoms with E-state index in [0.717, 1.165) is 18.4 Å². The van der Waals surface area contributed by atoms with Crippen molar-refractivity contribution in [3.05, 3.63) is 0 Å². The van der Waals surface area contributed by atoms with Crippen LogP contribution in [-0.2, 0) is 0 Å². The Bertz CT molecular complexity index is 354. The van der Waals surface area contributed by atoms with Crippen LogP contribution in [0, 0.1) is 5.92 Å². The quantitative estimate of drug-likeness (QED) is 0.471. The van der Waals surface area contributed by atoms with Gasteiger partial charge in [0.15, 0.2) is 5.96 Å².